The number of carbonyl (C=O) groups is 1. The quantitative estimate of drug-likeness (QED) is 0.550. The largest absolute Gasteiger partial charge is 0.484 e. The van der Waals surface area contributed by atoms with Gasteiger partial charge in [-0.15, -0.1) is 0 Å². The van der Waals surface area contributed by atoms with E-state index in [4.69, 9.17) is 21.6 Å². The van der Waals surface area contributed by atoms with Crippen molar-refractivity contribution in [1.29, 1.82) is 5.26 Å². The Morgan fingerprint density at radius 3 is 2.72 bits per heavy atom. The van der Waals surface area contributed by atoms with E-state index in [1.165, 1.54) is 18.2 Å². The lowest BCUT2D eigenvalue weighted by atomic mass is 9.73. The first-order valence-electron chi connectivity index (χ1n) is 10.0. The zero-order valence-electron chi connectivity index (χ0n) is 16.0. The van der Waals surface area contributed by atoms with Gasteiger partial charge in [-0.05, 0) is 43.2 Å². The van der Waals surface area contributed by atoms with Gasteiger partial charge in [0.05, 0.1) is 17.3 Å². The fraction of sp³-hybridized carbons (Fsp3) is 0.600. The summed E-state index contributed by atoms with van der Waals surface area (Å²) in [5.41, 5.74) is 0. The fourth-order valence-corrected chi connectivity index (χ4v) is 4.75. The number of benzene rings is 1. The van der Waals surface area contributed by atoms with Crippen LogP contribution in [0.2, 0.25) is 5.02 Å². The van der Waals surface area contributed by atoms with Crippen LogP contribution in [-0.2, 0) is 4.79 Å². The zero-order valence-corrected chi connectivity index (χ0v) is 16.7. The molecule has 9 heteroatoms. The number of fused-ring (bicyclic) bond motifs is 1. The number of piperazine rings is 1. The van der Waals surface area contributed by atoms with Crippen molar-refractivity contribution in [2.45, 2.75) is 43.6 Å². The maximum atomic E-state index is 13.5. The fourth-order valence-electron chi connectivity index (χ4n) is 4.63. The Morgan fingerprint density at radius 1 is 1.28 bits per heavy atom. The van der Waals surface area contributed by atoms with Crippen LogP contribution in [0.15, 0.2) is 18.2 Å². The number of rotatable bonds is 6. The van der Waals surface area contributed by atoms with Gasteiger partial charge in [0, 0.05) is 31.2 Å². The van der Waals surface area contributed by atoms with Crippen LogP contribution in [0.25, 0.3) is 0 Å². The second-order valence-corrected chi connectivity index (χ2v) is 8.41. The molecule has 0 radical (unpaired) electrons. The van der Waals surface area contributed by atoms with Crippen molar-refractivity contribution in [3.63, 3.8) is 0 Å². The molecule has 1 aliphatic heterocycles. The Balaban J connectivity index is 1.24. The van der Waals surface area contributed by atoms with Crippen LogP contribution in [0.4, 0.5) is 4.39 Å². The molecule has 1 amide bonds. The van der Waals surface area contributed by atoms with Crippen molar-refractivity contribution in [2.24, 2.45) is 11.8 Å². The van der Waals surface area contributed by atoms with E-state index in [9.17, 15) is 9.18 Å². The number of hydrogen-bond donors (Lipinski definition) is 4. The van der Waals surface area contributed by atoms with E-state index < -0.39 is 5.82 Å². The molecule has 2 aliphatic carbocycles. The number of nitriles is 1. The van der Waals surface area contributed by atoms with E-state index in [0.717, 1.165) is 19.3 Å². The Kier molecular flexibility index (Phi) is 6.20. The highest BCUT2D eigenvalue weighted by Gasteiger charge is 2.49. The summed E-state index contributed by atoms with van der Waals surface area (Å²) in [6.45, 7) is 1.17. The van der Waals surface area contributed by atoms with E-state index in [1.54, 1.807) is 0 Å². The van der Waals surface area contributed by atoms with Crippen LogP contribution in [0, 0.1) is 29.0 Å². The predicted molar refractivity (Wildman–Crippen MR) is 106 cm³/mol. The summed E-state index contributed by atoms with van der Waals surface area (Å²) in [5, 5.41) is 22.3. The Hall–Kier alpha value is -1.92. The molecule has 1 heterocycles. The zero-order chi connectivity index (χ0) is 20.4. The van der Waals surface area contributed by atoms with Crippen molar-refractivity contribution < 1.29 is 13.9 Å². The molecule has 3 fully saturated rings. The van der Waals surface area contributed by atoms with Crippen LogP contribution >= 0.6 is 11.6 Å². The lowest BCUT2D eigenvalue weighted by Crippen LogP contribution is -2.62. The summed E-state index contributed by atoms with van der Waals surface area (Å²) in [5.74, 6) is 0.542. The molecule has 7 nitrogen and oxygen atoms in total. The number of halogens is 2. The summed E-state index contributed by atoms with van der Waals surface area (Å²) in [6.07, 6.45) is 3.28. The molecular weight excluding hydrogens is 397 g/mol. The molecule has 156 valence electrons. The highest BCUT2D eigenvalue weighted by atomic mass is 35.5. The summed E-state index contributed by atoms with van der Waals surface area (Å²) >= 11 is 5.65. The standard InChI is InChI=1S/C20H25ClFN5O2/c21-15-4-1-12(5-16(15)22)29-10-20(28)27-18-6-17(13-2-3-14(13)18)26-19-9-24-11(7-23)8-25-19/h1,4-5,11,13-14,17-19,24-26H,2-3,6,8-10H2,(H,27,28)/t11?,13?,14?,17-,18?,19?/m0/s1. The van der Waals surface area contributed by atoms with Gasteiger partial charge in [0.2, 0.25) is 0 Å². The molecule has 6 atom stereocenters. The van der Waals surface area contributed by atoms with Crippen LogP contribution in [0.1, 0.15) is 19.3 Å². The SMILES string of the molecule is N#CC1CNC(N[C@H]2CC(NC(=O)COc3ccc(Cl)c(F)c3)C3CCC32)CN1. The van der Waals surface area contributed by atoms with Gasteiger partial charge in [0.25, 0.3) is 5.91 Å². The Labute approximate surface area is 174 Å². The van der Waals surface area contributed by atoms with Crippen molar-refractivity contribution >= 4 is 17.5 Å². The highest BCUT2D eigenvalue weighted by molar-refractivity contribution is 6.30. The minimum Gasteiger partial charge on any atom is -0.484 e. The van der Waals surface area contributed by atoms with Crippen LogP contribution in [0.5, 0.6) is 5.75 Å². The molecule has 1 aromatic carbocycles. The van der Waals surface area contributed by atoms with Gasteiger partial charge in [-0.25, -0.2) is 4.39 Å². The topological polar surface area (TPSA) is 98.2 Å². The maximum Gasteiger partial charge on any atom is 0.258 e. The molecule has 1 saturated heterocycles. The number of ether oxygens (including phenoxy) is 1. The molecule has 0 aromatic heterocycles. The number of carbonyl (C=O) groups excluding carboxylic acids is 1. The molecule has 5 unspecified atom stereocenters. The van der Waals surface area contributed by atoms with Gasteiger partial charge in [0.15, 0.2) is 6.61 Å². The smallest absolute Gasteiger partial charge is 0.258 e. The molecule has 3 aliphatic rings. The second kappa shape index (κ2) is 8.84. The Morgan fingerprint density at radius 2 is 2.07 bits per heavy atom. The molecule has 0 spiro atoms. The first-order chi connectivity index (χ1) is 14.0. The normalized spacial score (nSPS) is 33.3. The molecule has 29 heavy (non-hydrogen) atoms. The first-order valence-corrected chi connectivity index (χ1v) is 10.4. The van der Waals surface area contributed by atoms with E-state index in [0.29, 0.717) is 31.0 Å². The number of nitrogens with zero attached hydrogens (tertiary/aromatic N) is 1. The minimum atomic E-state index is -0.571. The van der Waals surface area contributed by atoms with Gasteiger partial charge in [-0.2, -0.15) is 5.26 Å². The van der Waals surface area contributed by atoms with E-state index >= 15 is 0 Å². The second-order valence-electron chi connectivity index (χ2n) is 8.00. The van der Waals surface area contributed by atoms with Gasteiger partial charge in [-0.3, -0.25) is 20.7 Å². The molecule has 4 N–H and O–H groups in total. The van der Waals surface area contributed by atoms with E-state index in [1.807, 2.05) is 0 Å². The van der Waals surface area contributed by atoms with Gasteiger partial charge in [-0.1, -0.05) is 11.6 Å². The van der Waals surface area contributed by atoms with E-state index in [-0.39, 0.29) is 41.5 Å². The van der Waals surface area contributed by atoms with Gasteiger partial charge >= 0.3 is 0 Å². The molecular formula is C20H25ClFN5O2. The summed E-state index contributed by atoms with van der Waals surface area (Å²) < 4.78 is 18.9. The number of hydrogen-bond acceptors (Lipinski definition) is 6. The maximum absolute atomic E-state index is 13.5. The predicted octanol–water partition coefficient (Wildman–Crippen LogP) is 1.14. The Bertz CT molecular complexity index is 796. The number of nitrogens with one attached hydrogen (secondary N) is 4. The highest BCUT2D eigenvalue weighted by Crippen LogP contribution is 2.47. The van der Waals surface area contributed by atoms with E-state index in [2.05, 4.69) is 27.3 Å². The van der Waals surface area contributed by atoms with Gasteiger partial charge in [0.1, 0.15) is 17.6 Å². The summed E-state index contributed by atoms with van der Waals surface area (Å²) in [7, 11) is 0. The van der Waals surface area contributed by atoms with Crippen molar-refractivity contribution in [1.82, 2.24) is 21.3 Å². The first kappa shape index (κ1) is 20.4. The molecule has 4 rings (SSSR count). The monoisotopic (exact) mass is 421 g/mol. The van der Waals surface area contributed by atoms with Crippen LogP contribution in [0.3, 0.4) is 0 Å². The summed E-state index contributed by atoms with van der Waals surface area (Å²) in [4.78, 5) is 12.3. The molecule has 2 saturated carbocycles. The summed E-state index contributed by atoms with van der Waals surface area (Å²) in [6, 6.07) is 6.65. The number of amides is 1. The minimum absolute atomic E-state index is 0.0214. The molecule has 1 aromatic rings. The van der Waals surface area contributed by atoms with Gasteiger partial charge < -0.3 is 10.1 Å². The third-order valence-corrected chi connectivity index (χ3v) is 6.55. The van der Waals surface area contributed by atoms with Crippen LogP contribution < -0.4 is 26.0 Å². The molecule has 0 bridgehead atoms. The lowest BCUT2D eigenvalue weighted by Gasteiger charge is -2.38. The van der Waals surface area contributed by atoms with Crippen molar-refractivity contribution in [3.8, 4) is 11.8 Å². The third-order valence-electron chi connectivity index (χ3n) is 6.24. The lowest BCUT2D eigenvalue weighted by molar-refractivity contribution is -0.124. The average molecular weight is 422 g/mol. The average Bonchev–Trinajstić information content (AvgIpc) is 2.90. The third kappa shape index (κ3) is 4.64. The van der Waals surface area contributed by atoms with Crippen LogP contribution in [-0.4, -0.2) is 49.9 Å². The van der Waals surface area contributed by atoms with Crippen molar-refractivity contribution in [2.75, 3.05) is 19.7 Å². The van der Waals surface area contributed by atoms with Crippen molar-refractivity contribution in [3.05, 3.63) is 29.0 Å².